The summed E-state index contributed by atoms with van der Waals surface area (Å²) < 4.78 is 23.8. The third-order valence-corrected chi connectivity index (χ3v) is 2.43. The van der Waals surface area contributed by atoms with Gasteiger partial charge in [0, 0.05) is 31.2 Å². The van der Waals surface area contributed by atoms with Crippen LogP contribution in [0.5, 0.6) is 5.75 Å². The van der Waals surface area contributed by atoms with E-state index < -0.39 is 0 Å². The molecule has 1 heterocycles. The molecule has 3 nitrogen and oxygen atoms in total. The number of benzene rings is 1. The Morgan fingerprint density at radius 2 is 2.43 bits per heavy atom. The first kappa shape index (κ1) is 9.43. The van der Waals surface area contributed by atoms with Crippen LogP contribution in [0.4, 0.5) is 4.39 Å². The van der Waals surface area contributed by atoms with Gasteiger partial charge in [0.15, 0.2) is 0 Å². The minimum atomic E-state index is -0.308. The molecule has 2 N–H and O–H groups in total. The zero-order valence-corrected chi connectivity index (χ0v) is 7.92. The molecular weight excluding hydrogens is 185 g/mol. The second-order valence-electron chi connectivity index (χ2n) is 3.19. The Bertz CT molecular complexity index is 354. The molecule has 1 atom stereocenters. The van der Waals surface area contributed by atoms with Crippen LogP contribution in [0.3, 0.4) is 0 Å². The minimum absolute atomic E-state index is 0.189. The van der Waals surface area contributed by atoms with Crippen LogP contribution in [0.15, 0.2) is 12.1 Å². The monoisotopic (exact) mass is 197 g/mol. The first-order valence-electron chi connectivity index (χ1n) is 4.46. The standard InChI is InChI=1S/C10H12FNO2/c1-13-10-4-6-7(5-12)8(11)2-3-9(6)14-10/h2-3,10H,4-5,12H2,1H3. The zero-order chi connectivity index (χ0) is 10.1. The van der Waals surface area contributed by atoms with E-state index in [-0.39, 0.29) is 18.7 Å². The van der Waals surface area contributed by atoms with Gasteiger partial charge in [0.2, 0.25) is 6.29 Å². The molecule has 1 unspecified atom stereocenters. The molecule has 1 aliphatic rings. The van der Waals surface area contributed by atoms with Crippen molar-refractivity contribution in [3.8, 4) is 5.75 Å². The summed E-state index contributed by atoms with van der Waals surface area (Å²) >= 11 is 0. The van der Waals surface area contributed by atoms with Crippen LogP contribution in [0.1, 0.15) is 11.1 Å². The lowest BCUT2D eigenvalue weighted by atomic mass is 10.0. The highest BCUT2D eigenvalue weighted by Crippen LogP contribution is 2.32. The third kappa shape index (κ3) is 1.36. The number of nitrogens with two attached hydrogens (primary N) is 1. The molecule has 0 amide bonds. The molecule has 1 aliphatic heterocycles. The van der Waals surface area contributed by atoms with Crippen molar-refractivity contribution in [3.05, 3.63) is 29.1 Å². The fourth-order valence-electron chi connectivity index (χ4n) is 1.68. The third-order valence-electron chi connectivity index (χ3n) is 2.43. The molecule has 14 heavy (non-hydrogen) atoms. The summed E-state index contributed by atoms with van der Waals surface area (Å²) in [5, 5.41) is 0. The van der Waals surface area contributed by atoms with E-state index in [2.05, 4.69) is 0 Å². The van der Waals surface area contributed by atoms with Crippen LogP contribution < -0.4 is 10.5 Å². The summed E-state index contributed by atoms with van der Waals surface area (Å²) in [6, 6.07) is 2.99. The average Bonchev–Trinajstić information content (AvgIpc) is 2.60. The fourth-order valence-corrected chi connectivity index (χ4v) is 1.68. The lowest BCUT2D eigenvalue weighted by molar-refractivity contribution is -0.0367. The maximum atomic E-state index is 13.3. The van der Waals surface area contributed by atoms with Crippen LogP contribution in [-0.4, -0.2) is 13.4 Å². The SMILES string of the molecule is COC1Cc2c(ccc(F)c2CN)O1. The molecule has 0 radical (unpaired) electrons. The summed E-state index contributed by atoms with van der Waals surface area (Å²) in [4.78, 5) is 0. The quantitative estimate of drug-likeness (QED) is 0.774. The van der Waals surface area contributed by atoms with E-state index in [9.17, 15) is 4.39 Å². The molecule has 1 aromatic rings. The van der Waals surface area contributed by atoms with Crippen molar-refractivity contribution in [1.82, 2.24) is 0 Å². The van der Waals surface area contributed by atoms with Gasteiger partial charge in [-0.1, -0.05) is 0 Å². The molecule has 2 rings (SSSR count). The van der Waals surface area contributed by atoms with Gasteiger partial charge >= 0.3 is 0 Å². The molecule has 1 aromatic carbocycles. The lowest BCUT2D eigenvalue weighted by Crippen LogP contribution is -2.14. The molecule has 0 fully saturated rings. The van der Waals surface area contributed by atoms with Crippen LogP contribution in [0, 0.1) is 5.82 Å². The maximum Gasteiger partial charge on any atom is 0.203 e. The largest absolute Gasteiger partial charge is 0.464 e. The van der Waals surface area contributed by atoms with Gasteiger partial charge in [-0.05, 0) is 12.1 Å². The molecule has 76 valence electrons. The number of hydrogen-bond acceptors (Lipinski definition) is 3. The van der Waals surface area contributed by atoms with Gasteiger partial charge in [-0.25, -0.2) is 4.39 Å². The van der Waals surface area contributed by atoms with Crippen molar-refractivity contribution in [2.75, 3.05) is 7.11 Å². The van der Waals surface area contributed by atoms with E-state index in [1.165, 1.54) is 6.07 Å². The van der Waals surface area contributed by atoms with Gasteiger partial charge in [0.25, 0.3) is 0 Å². The first-order valence-corrected chi connectivity index (χ1v) is 4.46. The number of halogens is 1. The zero-order valence-electron chi connectivity index (χ0n) is 7.92. The minimum Gasteiger partial charge on any atom is -0.464 e. The lowest BCUT2D eigenvalue weighted by Gasteiger charge is -2.06. The number of hydrogen-bond donors (Lipinski definition) is 1. The van der Waals surface area contributed by atoms with Crippen LogP contribution in [0.2, 0.25) is 0 Å². The Balaban J connectivity index is 2.41. The number of rotatable bonds is 2. The summed E-state index contributed by atoms with van der Waals surface area (Å²) in [5.74, 6) is 0.408. The van der Waals surface area contributed by atoms with Crippen molar-refractivity contribution in [3.63, 3.8) is 0 Å². The van der Waals surface area contributed by atoms with Gasteiger partial charge < -0.3 is 15.2 Å². The van der Waals surface area contributed by atoms with Gasteiger partial charge in [-0.3, -0.25) is 0 Å². The number of methoxy groups -OCH3 is 1. The second kappa shape index (κ2) is 3.55. The van der Waals surface area contributed by atoms with Crippen molar-refractivity contribution < 1.29 is 13.9 Å². The molecular formula is C10H12FNO2. The van der Waals surface area contributed by atoms with Crippen LogP contribution in [-0.2, 0) is 17.7 Å². The first-order chi connectivity index (χ1) is 6.76. The van der Waals surface area contributed by atoms with Crippen molar-refractivity contribution in [2.45, 2.75) is 19.3 Å². The smallest absolute Gasteiger partial charge is 0.203 e. The van der Waals surface area contributed by atoms with E-state index in [1.807, 2.05) is 0 Å². The molecule has 0 aromatic heterocycles. The topological polar surface area (TPSA) is 44.5 Å². The van der Waals surface area contributed by atoms with Crippen LogP contribution in [0.25, 0.3) is 0 Å². The van der Waals surface area contributed by atoms with Crippen molar-refractivity contribution in [2.24, 2.45) is 5.73 Å². The molecule has 4 heteroatoms. The Morgan fingerprint density at radius 1 is 1.64 bits per heavy atom. The van der Waals surface area contributed by atoms with Gasteiger partial charge in [-0.2, -0.15) is 0 Å². The Kier molecular flexibility index (Phi) is 2.39. The van der Waals surface area contributed by atoms with E-state index in [1.54, 1.807) is 13.2 Å². The Morgan fingerprint density at radius 3 is 3.07 bits per heavy atom. The highest BCUT2D eigenvalue weighted by Gasteiger charge is 2.26. The Labute approximate surface area is 81.6 Å². The number of fused-ring (bicyclic) bond motifs is 1. The average molecular weight is 197 g/mol. The highest BCUT2D eigenvalue weighted by molar-refractivity contribution is 5.44. The Hall–Kier alpha value is -1.13. The van der Waals surface area contributed by atoms with Crippen molar-refractivity contribution in [1.29, 1.82) is 0 Å². The van der Waals surface area contributed by atoms with E-state index in [0.29, 0.717) is 17.7 Å². The van der Waals surface area contributed by atoms with Gasteiger partial charge in [0.1, 0.15) is 11.6 Å². The summed E-state index contributed by atoms with van der Waals surface area (Å²) in [7, 11) is 1.56. The van der Waals surface area contributed by atoms with E-state index in [0.717, 1.165) is 5.56 Å². The van der Waals surface area contributed by atoms with E-state index >= 15 is 0 Å². The normalized spacial score (nSPS) is 19.2. The van der Waals surface area contributed by atoms with Crippen LogP contribution >= 0.6 is 0 Å². The highest BCUT2D eigenvalue weighted by atomic mass is 19.1. The predicted octanol–water partition coefficient (Wildman–Crippen LogP) is 1.19. The molecule has 0 saturated carbocycles. The molecule has 0 bridgehead atoms. The van der Waals surface area contributed by atoms with Gasteiger partial charge in [-0.15, -0.1) is 0 Å². The summed E-state index contributed by atoms with van der Waals surface area (Å²) in [6.07, 6.45) is 0.257. The summed E-state index contributed by atoms with van der Waals surface area (Å²) in [6.45, 7) is 0.189. The van der Waals surface area contributed by atoms with E-state index in [4.69, 9.17) is 15.2 Å². The fraction of sp³-hybridized carbons (Fsp3) is 0.400. The maximum absolute atomic E-state index is 13.3. The predicted molar refractivity (Wildman–Crippen MR) is 49.4 cm³/mol. The van der Waals surface area contributed by atoms with Gasteiger partial charge in [0.05, 0.1) is 0 Å². The number of ether oxygens (including phenoxy) is 2. The molecule has 0 spiro atoms. The molecule has 0 aliphatic carbocycles. The van der Waals surface area contributed by atoms with Crippen molar-refractivity contribution >= 4 is 0 Å². The second-order valence-corrected chi connectivity index (χ2v) is 3.19. The summed E-state index contributed by atoms with van der Waals surface area (Å²) in [5.41, 5.74) is 6.84. The molecule has 0 saturated heterocycles.